The van der Waals surface area contributed by atoms with Crippen LogP contribution in [-0.4, -0.2) is 34.8 Å². The Morgan fingerprint density at radius 1 is 1.21 bits per heavy atom. The number of rotatable bonds is 3. The number of phenolic OH excluding ortho intramolecular Hbond substituents is 1. The molecular formula is C19H22N2O3. The van der Waals surface area contributed by atoms with Crippen LogP contribution >= 0.6 is 0 Å². The zero-order chi connectivity index (χ0) is 16.7. The van der Waals surface area contributed by atoms with Crippen LogP contribution in [0.3, 0.4) is 0 Å². The Bertz CT molecular complexity index is 814. The smallest absolute Gasteiger partial charge is 0.250 e. The van der Waals surface area contributed by atoms with Crippen LogP contribution < -0.4 is 10.3 Å². The molecule has 0 radical (unpaired) electrons. The van der Waals surface area contributed by atoms with Crippen molar-refractivity contribution in [2.24, 2.45) is 5.92 Å². The molecule has 5 nitrogen and oxygen atoms in total. The van der Waals surface area contributed by atoms with Gasteiger partial charge >= 0.3 is 0 Å². The summed E-state index contributed by atoms with van der Waals surface area (Å²) in [4.78, 5) is 14.5. The molecule has 2 aliphatic heterocycles. The fourth-order valence-corrected chi connectivity index (χ4v) is 4.18. The fourth-order valence-electron chi connectivity index (χ4n) is 4.18. The minimum absolute atomic E-state index is 0.112. The van der Waals surface area contributed by atoms with Crippen LogP contribution in [0.5, 0.6) is 11.5 Å². The first-order valence-electron chi connectivity index (χ1n) is 8.42. The van der Waals surface area contributed by atoms with Crippen LogP contribution in [0.4, 0.5) is 0 Å². The fraction of sp³-hybridized carbons (Fsp3) is 0.421. The summed E-state index contributed by atoms with van der Waals surface area (Å²) >= 11 is 0. The lowest BCUT2D eigenvalue weighted by Gasteiger charge is -2.42. The SMILES string of the molecule is COc1ccc(O)c(CN2C[C@H]3C[C@@H](C2)c2cccc(=O)n2C3)c1. The first-order valence-corrected chi connectivity index (χ1v) is 8.42. The molecule has 0 saturated carbocycles. The van der Waals surface area contributed by atoms with E-state index in [-0.39, 0.29) is 5.56 Å². The monoisotopic (exact) mass is 326 g/mol. The third kappa shape index (κ3) is 2.69. The molecule has 1 aromatic heterocycles. The van der Waals surface area contributed by atoms with Crippen molar-refractivity contribution in [1.82, 2.24) is 9.47 Å². The summed E-state index contributed by atoms with van der Waals surface area (Å²) in [6.07, 6.45) is 1.14. The van der Waals surface area contributed by atoms with Crippen LogP contribution in [0.1, 0.15) is 23.6 Å². The van der Waals surface area contributed by atoms with Crippen molar-refractivity contribution in [3.05, 3.63) is 58.0 Å². The summed E-state index contributed by atoms with van der Waals surface area (Å²) in [5.74, 6) is 1.95. The average Bonchev–Trinajstić information content (AvgIpc) is 2.58. The van der Waals surface area contributed by atoms with E-state index in [0.717, 1.165) is 43.1 Å². The average molecular weight is 326 g/mol. The van der Waals surface area contributed by atoms with Crippen molar-refractivity contribution in [2.75, 3.05) is 20.2 Å². The van der Waals surface area contributed by atoms with Crippen LogP contribution in [-0.2, 0) is 13.1 Å². The molecule has 2 aliphatic rings. The van der Waals surface area contributed by atoms with Crippen LogP contribution in [0.2, 0.25) is 0 Å². The van der Waals surface area contributed by atoms with Gasteiger partial charge in [0.1, 0.15) is 11.5 Å². The number of methoxy groups -OCH3 is 1. The van der Waals surface area contributed by atoms with Gasteiger partial charge in [-0.15, -0.1) is 0 Å². The van der Waals surface area contributed by atoms with Crippen LogP contribution in [0.15, 0.2) is 41.2 Å². The maximum atomic E-state index is 12.1. The number of likely N-dealkylation sites (tertiary alicyclic amines) is 1. The van der Waals surface area contributed by atoms with E-state index in [0.29, 0.717) is 24.1 Å². The molecule has 0 spiro atoms. The number of ether oxygens (including phenoxy) is 1. The van der Waals surface area contributed by atoms with Gasteiger partial charge in [-0.25, -0.2) is 0 Å². The molecule has 24 heavy (non-hydrogen) atoms. The Hall–Kier alpha value is -2.27. The number of pyridine rings is 1. The summed E-state index contributed by atoms with van der Waals surface area (Å²) < 4.78 is 7.21. The first kappa shape index (κ1) is 15.3. The van der Waals surface area contributed by atoms with E-state index < -0.39 is 0 Å². The third-order valence-corrected chi connectivity index (χ3v) is 5.24. The maximum Gasteiger partial charge on any atom is 0.250 e. The van der Waals surface area contributed by atoms with Gasteiger partial charge in [0.2, 0.25) is 0 Å². The zero-order valence-electron chi connectivity index (χ0n) is 13.8. The second-order valence-electron chi connectivity index (χ2n) is 6.89. The molecule has 1 aromatic carbocycles. The van der Waals surface area contributed by atoms with Crippen LogP contribution in [0.25, 0.3) is 0 Å². The highest BCUT2D eigenvalue weighted by Gasteiger charge is 2.34. The lowest BCUT2D eigenvalue weighted by molar-refractivity contribution is 0.113. The number of fused-ring (bicyclic) bond motifs is 4. The van der Waals surface area contributed by atoms with Crippen molar-refractivity contribution in [3.8, 4) is 11.5 Å². The quantitative estimate of drug-likeness (QED) is 0.939. The standard InChI is InChI=1S/C19H22N2O3/c1-24-16-5-6-18(22)15(8-16)12-20-9-13-7-14(11-20)17-3-2-4-19(23)21(17)10-13/h2-6,8,13-14,22H,7,9-12H2,1H3/t13-,14+/m1/s1. The van der Waals surface area contributed by atoms with Gasteiger partial charge in [-0.05, 0) is 36.6 Å². The molecule has 5 heteroatoms. The van der Waals surface area contributed by atoms with E-state index in [4.69, 9.17) is 4.74 Å². The third-order valence-electron chi connectivity index (χ3n) is 5.24. The second-order valence-corrected chi connectivity index (χ2v) is 6.89. The number of piperidine rings is 1. The minimum Gasteiger partial charge on any atom is -0.508 e. The van der Waals surface area contributed by atoms with Crippen LogP contribution in [0, 0.1) is 5.92 Å². The summed E-state index contributed by atoms with van der Waals surface area (Å²) in [7, 11) is 1.64. The van der Waals surface area contributed by atoms with Gasteiger partial charge in [-0.3, -0.25) is 9.69 Å². The summed E-state index contributed by atoms with van der Waals surface area (Å²) in [6.45, 7) is 3.36. The van der Waals surface area contributed by atoms with E-state index >= 15 is 0 Å². The van der Waals surface area contributed by atoms with Crippen molar-refractivity contribution < 1.29 is 9.84 Å². The molecular weight excluding hydrogens is 304 g/mol. The Labute approximate surface area is 141 Å². The highest BCUT2D eigenvalue weighted by atomic mass is 16.5. The number of phenols is 1. The molecule has 2 atom stereocenters. The lowest BCUT2D eigenvalue weighted by atomic mass is 9.83. The predicted molar refractivity (Wildman–Crippen MR) is 91.5 cm³/mol. The topological polar surface area (TPSA) is 54.7 Å². The van der Waals surface area contributed by atoms with Gasteiger partial charge in [0, 0.05) is 49.4 Å². The van der Waals surface area contributed by atoms with E-state index in [2.05, 4.69) is 11.0 Å². The molecule has 1 N–H and O–H groups in total. The Kier molecular flexibility index (Phi) is 3.81. The van der Waals surface area contributed by atoms with Gasteiger partial charge < -0.3 is 14.4 Å². The summed E-state index contributed by atoms with van der Waals surface area (Å²) in [5, 5.41) is 10.1. The largest absolute Gasteiger partial charge is 0.508 e. The Balaban J connectivity index is 1.57. The number of nitrogens with zero attached hydrogens (tertiary/aromatic N) is 2. The van der Waals surface area contributed by atoms with E-state index in [1.54, 1.807) is 25.3 Å². The predicted octanol–water partition coefficient (Wildman–Crippen LogP) is 2.18. The highest BCUT2D eigenvalue weighted by molar-refractivity contribution is 5.39. The minimum atomic E-state index is 0.112. The normalized spacial score (nSPS) is 22.9. The molecule has 0 aliphatic carbocycles. The van der Waals surface area contributed by atoms with Gasteiger partial charge in [0.15, 0.2) is 0 Å². The van der Waals surface area contributed by atoms with Crippen molar-refractivity contribution in [2.45, 2.75) is 25.4 Å². The zero-order valence-corrected chi connectivity index (χ0v) is 13.8. The molecule has 0 amide bonds. The van der Waals surface area contributed by atoms with Gasteiger partial charge in [-0.1, -0.05) is 6.07 Å². The molecule has 4 rings (SSSR count). The molecule has 2 aromatic rings. The molecule has 126 valence electrons. The van der Waals surface area contributed by atoms with E-state index in [1.165, 1.54) is 0 Å². The summed E-state index contributed by atoms with van der Waals surface area (Å²) in [6, 6.07) is 10.9. The number of aromatic nitrogens is 1. The van der Waals surface area contributed by atoms with Crippen molar-refractivity contribution in [1.29, 1.82) is 0 Å². The molecule has 1 fully saturated rings. The van der Waals surface area contributed by atoms with Crippen molar-refractivity contribution in [3.63, 3.8) is 0 Å². The van der Waals surface area contributed by atoms with E-state index in [1.807, 2.05) is 16.7 Å². The first-order chi connectivity index (χ1) is 11.6. The number of aromatic hydroxyl groups is 1. The number of hydrogen-bond donors (Lipinski definition) is 1. The molecule has 2 bridgehead atoms. The highest BCUT2D eigenvalue weighted by Crippen LogP contribution is 2.36. The maximum absolute atomic E-state index is 12.1. The van der Waals surface area contributed by atoms with Gasteiger partial charge in [0.05, 0.1) is 7.11 Å². The van der Waals surface area contributed by atoms with Gasteiger partial charge in [0.25, 0.3) is 5.56 Å². The molecule has 0 unspecified atom stereocenters. The second kappa shape index (κ2) is 5.98. The Morgan fingerprint density at radius 2 is 2.08 bits per heavy atom. The summed E-state index contributed by atoms with van der Waals surface area (Å²) in [5.41, 5.74) is 2.15. The molecule has 1 saturated heterocycles. The number of hydrogen-bond acceptors (Lipinski definition) is 4. The van der Waals surface area contributed by atoms with Gasteiger partial charge in [-0.2, -0.15) is 0 Å². The molecule has 3 heterocycles. The number of benzene rings is 1. The van der Waals surface area contributed by atoms with E-state index in [9.17, 15) is 9.90 Å². The lowest BCUT2D eigenvalue weighted by Crippen LogP contribution is -2.46. The van der Waals surface area contributed by atoms with Crippen molar-refractivity contribution >= 4 is 0 Å². The Morgan fingerprint density at radius 3 is 2.92 bits per heavy atom.